The molecule has 1 aliphatic rings. The van der Waals surface area contributed by atoms with E-state index in [-0.39, 0.29) is 5.91 Å². The average molecular weight is 359 g/mol. The average Bonchev–Trinajstić information content (AvgIpc) is 2.68. The summed E-state index contributed by atoms with van der Waals surface area (Å²) < 4.78 is 0. The molecule has 4 nitrogen and oxygen atoms in total. The number of benzene rings is 2. The first-order chi connectivity index (χ1) is 13.1. The maximum Gasteiger partial charge on any atom is 0.255 e. The fourth-order valence-electron chi connectivity index (χ4n) is 3.93. The van der Waals surface area contributed by atoms with Crippen LogP contribution in [0.2, 0.25) is 0 Å². The van der Waals surface area contributed by atoms with Crippen molar-refractivity contribution in [3.8, 4) is 0 Å². The number of piperidine rings is 1. The van der Waals surface area contributed by atoms with E-state index in [1.807, 2.05) is 43.3 Å². The molecule has 27 heavy (non-hydrogen) atoms. The molecule has 1 aromatic heterocycles. The van der Waals surface area contributed by atoms with Crippen LogP contribution in [0.4, 0.5) is 5.69 Å². The molecular formula is C23H25N3O. The van der Waals surface area contributed by atoms with Crippen molar-refractivity contribution in [2.24, 2.45) is 0 Å². The summed E-state index contributed by atoms with van der Waals surface area (Å²) in [5.74, 6) is 0.514. The molecule has 0 bridgehead atoms. The number of rotatable bonds is 3. The molecule has 4 heteroatoms. The highest BCUT2D eigenvalue weighted by Crippen LogP contribution is 2.29. The number of fused-ring (bicyclic) bond motifs is 1. The van der Waals surface area contributed by atoms with Gasteiger partial charge in [-0.15, -0.1) is 0 Å². The van der Waals surface area contributed by atoms with Crippen molar-refractivity contribution in [1.29, 1.82) is 0 Å². The van der Waals surface area contributed by atoms with E-state index >= 15 is 0 Å². The topological polar surface area (TPSA) is 45.2 Å². The van der Waals surface area contributed by atoms with Crippen LogP contribution < -0.4 is 5.32 Å². The van der Waals surface area contributed by atoms with Crippen LogP contribution >= 0.6 is 0 Å². The number of pyridine rings is 1. The second-order valence-electron chi connectivity index (χ2n) is 7.49. The summed E-state index contributed by atoms with van der Waals surface area (Å²) in [5.41, 5.74) is 4.66. The van der Waals surface area contributed by atoms with Gasteiger partial charge in [0, 0.05) is 17.1 Å². The van der Waals surface area contributed by atoms with Gasteiger partial charge in [0.1, 0.15) is 0 Å². The van der Waals surface area contributed by atoms with Crippen LogP contribution in [0.1, 0.15) is 40.2 Å². The van der Waals surface area contributed by atoms with Gasteiger partial charge in [-0.05, 0) is 75.1 Å². The Bertz CT molecular complexity index is 969. The lowest BCUT2D eigenvalue weighted by atomic mass is 9.88. The van der Waals surface area contributed by atoms with E-state index in [1.165, 1.54) is 18.4 Å². The third-order valence-corrected chi connectivity index (χ3v) is 5.57. The Hall–Kier alpha value is -2.72. The van der Waals surface area contributed by atoms with Crippen molar-refractivity contribution in [2.75, 3.05) is 25.5 Å². The number of hydrogen-bond acceptors (Lipinski definition) is 3. The lowest BCUT2D eigenvalue weighted by Gasteiger charge is -2.29. The fourth-order valence-corrected chi connectivity index (χ4v) is 3.93. The van der Waals surface area contributed by atoms with Crippen LogP contribution in [-0.2, 0) is 0 Å². The minimum atomic E-state index is -0.0828. The Balaban J connectivity index is 1.55. The standard InChI is InChI=1S/C23H25N3O/c1-16-15-19(17-10-13-26(2)14-11-17)8-9-20(16)23(27)25-21-7-3-5-18-6-4-12-24-22(18)21/h3-9,12,15,17H,10-11,13-14H2,1-2H3,(H,25,27). The largest absolute Gasteiger partial charge is 0.320 e. The maximum absolute atomic E-state index is 12.9. The van der Waals surface area contributed by atoms with E-state index in [9.17, 15) is 4.79 Å². The summed E-state index contributed by atoms with van der Waals surface area (Å²) in [5, 5.41) is 4.06. The predicted octanol–water partition coefficient (Wildman–Crippen LogP) is 4.60. The number of para-hydroxylation sites is 1. The zero-order valence-corrected chi connectivity index (χ0v) is 15.9. The molecule has 3 aromatic rings. The SMILES string of the molecule is Cc1cc(C2CCN(C)CC2)ccc1C(=O)Nc1cccc2cccnc12. The zero-order valence-electron chi connectivity index (χ0n) is 15.9. The first-order valence-corrected chi connectivity index (χ1v) is 9.56. The van der Waals surface area contributed by atoms with E-state index in [0.717, 1.165) is 40.8 Å². The molecule has 1 N–H and O–H groups in total. The molecule has 0 aliphatic carbocycles. The molecule has 138 valence electrons. The third-order valence-electron chi connectivity index (χ3n) is 5.57. The smallest absolute Gasteiger partial charge is 0.255 e. The zero-order chi connectivity index (χ0) is 18.8. The normalized spacial score (nSPS) is 15.8. The van der Waals surface area contributed by atoms with Gasteiger partial charge >= 0.3 is 0 Å². The number of hydrogen-bond donors (Lipinski definition) is 1. The van der Waals surface area contributed by atoms with Gasteiger partial charge < -0.3 is 10.2 Å². The number of nitrogens with one attached hydrogen (secondary N) is 1. The molecule has 0 spiro atoms. The molecule has 4 rings (SSSR count). The Morgan fingerprint density at radius 2 is 1.89 bits per heavy atom. The van der Waals surface area contributed by atoms with Gasteiger partial charge in [-0.1, -0.05) is 30.3 Å². The van der Waals surface area contributed by atoms with Gasteiger partial charge in [-0.25, -0.2) is 0 Å². The highest BCUT2D eigenvalue weighted by molar-refractivity contribution is 6.09. The molecule has 2 aromatic carbocycles. The van der Waals surface area contributed by atoms with Gasteiger partial charge in [0.2, 0.25) is 0 Å². The van der Waals surface area contributed by atoms with Crippen molar-refractivity contribution >= 4 is 22.5 Å². The van der Waals surface area contributed by atoms with Crippen molar-refractivity contribution in [2.45, 2.75) is 25.7 Å². The Morgan fingerprint density at radius 1 is 1.11 bits per heavy atom. The number of nitrogens with zero attached hydrogens (tertiary/aromatic N) is 2. The second kappa shape index (κ2) is 7.49. The number of carbonyl (C=O) groups excluding carboxylic acids is 1. The van der Waals surface area contributed by atoms with Gasteiger partial charge in [0.05, 0.1) is 11.2 Å². The van der Waals surface area contributed by atoms with Crippen molar-refractivity contribution in [1.82, 2.24) is 9.88 Å². The third kappa shape index (κ3) is 3.71. The quantitative estimate of drug-likeness (QED) is 0.743. The molecule has 0 saturated carbocycles. The number of aromatic nitrogens is 1. The van der Waals surface area contributed by atoms with Crippen LogP contribution in [-0.4, -0.2) is 35.9 Å². The summed E-state index contributed by atoms with van der Waals surface area (Å²) in [4.78, 5) is 19.7. The lowest BCUT2D eigenvalue weighted by molar-refractivity contribution is 0.102. The van der Waals surface area contributed by atoms with Gasteiger partial charge in [0.25, 0.3) is 5.91 Å². The monoisotopic (exact) mass is 359 g/mol. The van der Waals surface area contributed by atoms with Crippen LogP contribution in [0.25, 0.3) is 10.9 Å². The second-order valence-corrected chi connectivity index (χ2v) is 7.49. The van der Waals surface area contributed by atoms with Crippen LogP contribution in [0, 0.1) is 6.92 Å². The Labute approximate surface area is 160 Å². The highest BCUT2D eigenvalue weighted by atomic mass is 16.1. The van der Waals surface area contributed by atoms with Gasteiger partial charge in [0.15, 0.2) is 0 Å². The number of anilines is 1. The number of aryl methyl sites for hydroxylation is 1. The molecule has 2 heterocycles. The molecule has 1 fully saturated rings. The molecule has 1 amide bonds. The molecular weight excluding hydrogens is 334 g/mol. The molecule has 1 aliphatic heterocycles. The summed E-state index contributed by atoms with van der Waals surface area (Å²) >= 11 is 0. The molecule has 0 radical (unpaired) electrons. The summed E-state index contributed by atoms with van der Waals surface area (Å²) in [6.07, 6.45) is 4.12. The van der Waals surface area contributed by atoms with E-state index in [4.69, 9.17) is 0 Å². The van der Waals surface area contributed by atoms with Crippen molar-refractivity contribution in [3.05, 3.63) is 71.4 Å². The van der Waals surface area contributed by atoms with Gasteiger partial charge in [-0.3, -0.25) is 9.78 Å². The molecule has 0 atom stereocenters. The number of likely N-dealkylation sites (tertiary alicyclic amines) is 1. The summed E-state index contributed by atoms with van der Waals surface area (Å²) in [7, 11) is 2.18. The fraction of sp³-hybridized carbons (Fsp3) is 0.304. The van der Waals surface area contributed by atoms with Crippen molar-refractivity contribution < 1.29 is 4.79 Å². The molecule has 0 unspecified atom stereocenters. The molecule has 1 saturated heterocycles. The van der Waals surface area contributed by atoms with Crippen LogP contribution in [0.15, 0.2) is 54.7 Å². The van der Waals surface area contributed by atoms with E-state index in [1.54, 1.807) is 6.20 Å². The Morgan fingerprint density at radius 3 is 2.67 bits per heavy atom. The van der Waals surface area contributed by atoms with E-state index < -0.39 is 0 Å². The minimum absolute atomic E-state index is 0.0828. The minimum Gasteiger partial charge on any atom is -0.320 e. The van der Waals surface area contributed by atoms with E-state index in [0.29, 0.717) is 5.92 Å². The summed E-state index contributed by atoms with van der Waals surface area (Å²) in [6, 6.07) is 16.0. The maximum atomic E-state index is 12.9. The summed E-state index contributed by atoms with van der Waals surface area (Å²) in [6.45, 7) is 4.30. The lowest BCUT2D eigenvalue weighted by Crippen LogP contribution is -2.29. The first kappa shape index (κ1) is 17.7. The highest BCUT2D eigenvalue weighted by Gasteiger charge is 2.20. The van der Waals surface area contributed by atoms with Crippen LogP contribution in [0.3, 0.4) is 0 Å². The van der Waals surface area contributed by atoms with E-state index in [2.05, 4.69) is 34.4 Å². The van der Waals surface area contributed by atoms with Crippen molar-refractivity contribution in [3.63, 3.8) is 0 Å². The van der Waals surface area contributed by atoms with Gasteiger partial charge in [-0.2, -0.15) is 0 Å². The van der Waals surface area contributed by atoms with Crippen LogP contribution in [0.5, 0.6) is 0 Å². The number of amides is 1. The number of carbonyl (C=O) groups is 1. The Kier molecular flexibility index (Phi) is 4.90. The predicted molar refractivity (Wildman–Crippen MR) is 110 cm³/mol. The first-order valence-electron chi connectivity index (χ1n) is 9.56.